The Morgan fingerprint density at radius 3 is 2.62 bits per heavy atom. The van der Waals surface area contributed by atoms with Crippen LogP contribution in [0, 0.1) is 5.82 Å². The molecule has 0 saturated carbocycles. The number of rotatable bonds is 3. The molecule has 0 saturated heterocycles. The minimum Gasteiger partial charge on any atom is -0.368 e. The molecule has 0 amide bonds. The van der Waals surface area contributed by atoms with Gasteiger partial charge in [0.25, 0.3) is 10.0 Å². The van der Waals surface area contributed by atoms with Gasteiger partial charge in [-0.2, -0.15) is 0 Å². The fraction of sp³-hybridized carbons (Fsp3) is 0. The molecule has 0 unspecified atom stereocenters. The Labute approximate surface area is 192 Å². The number of anilines is 1. The molecule has 5 rings (SSSR count). The first-order chi connectivity index (χ1) is 15.3. The number of nitrogens with two attached hydrogens (primary N) is 1. The molecule has 0 aliphatic heterocycles. The van der Waals surface area contributed by atoms with E-state index in [9.17, 15) is 12.8 Å². The van der Waals surface area contributed by atoms with Gasteiger partial charge in [0.1, 0.15) is 10.7 Å². The van der Waals surface area contributed by atoms with Crippen LogP contribution in [0.25, 0.3) is 32.9 Å². The molecule has 32 heavy (non-hydrogen) atoms. The molecule has 160 valence electrons. The summed E-state index contributed by atoms with van der Waals surface area (Å²) >= 11 is 12.1. The van der Waals surface area contributed by atoms with Gasteiger partial charge in [-0.1, -0.05) is 29.3 Å². The maximum absolute atomic E-state index is 15.0. The first-order valence-electron chi connectivity index (χ1n) is 9.28. The Morgan fingerprint density at radius 1 is 1.00 bits per heavy atom. The van der Waals surface area contributed by atoms with Crippen molar-refractivity contribution < 1.29 is 12.8 Å². The van der Waals surface area contributed by atoms with Gasteiger partial charge in [-0.15, -0.1) is 0 Å². The fourth-order valence-corrected chi connectivity index (χ4v) is 5.74. The van der Waals surface area contributed by atoms with Crippen molar-refractivity contribution in [2.24, 2.45) is 0 Å². The molecule has 0 fully saturated rings. The Hall–Kier alpha value is -3.20. The van der Waals surface area contributed by atoms with Gasteiger partial charge >= 0.3 is 0 Å². The van der Waals surface area contributed by atoms with Crippen LogP contribution in [0.3, 0.4) is 0 Å². The number of nitrogens with zero attached hydrogens (tertiary/aromatic N) is 3. The van der Waals surface area contributed by atoms with Gasteiger partial charge in [0.15, 0.2) is 0 Å². The van der Waals surface area contributed by atoms with Crippen molar-refractivity contribution in [1.29, 1.82) is 0 Å². The van der Waals surface area contributed by atoms with Crippen LogP contribution in [0.15, 0.2) is 71.9 Å². The summed E-state index contributed by atoms with van der Waals surface area (Å²) in [5.41, 5.74) is 7.34. The second-order valence-electron chi connectivity index (χ2n) is 7.05. The highest BCUT2D eigenvalue weighted by Gasteiger charge is 2.24. The fourth-order valence-electron chi connectivity index (χ4n) is 3.65. The molecular weight excluding hydrogens is 474 g/mol. The monoisotopic (exact) mass is 486 g/mol. The molecule has 0 radical (unpaired) electrons. The summed E-state index contributed by atoms with van der Waals surface area (Å²) in [6.07, 6.45) is 2.92. The lowest BCUT2D eigenvalue weighted by Crippen LogP contribution is -2.12. The summed E-state index contributed by atoms with van der Waals surface area (Å²) in [5, 5.41) is 1.36. The molecule has 5 aromatic rings. The van der Waals surface area contributed by atoms with Gasteiger partial charge < -0.3 is 5.73 Å². The largest absolute Gasteiger partial charge is 0.368 e. The van der Waals surface area contributed by atoms with Crippen molar-refractivity contribution in [2.45, 2.75) is 4.90 Å². The normalized spacial score (nSPS) is 12.0. The number of aromatic nitrogens is 3. The SMILES string of the molecule is Nc1ncc2cc(-c3c(F)ccc4c3ccn4S(=O)(=O)c3cc(Cl)ccc3Cl)ccc2n1. The van der Waals surface area contributed by atoms with E-state index in [4.69, 9.17) is 28.9 Å². The first kappa shape index (κ1) is 20.7. The molecule has 0 spiro atoms. The van der Waals surface area contributed by atoms with E-state index in [2.05, 4.69) is 9.97 Å². The van der Waals surface area contributed by atoms with E-state index in [0.717, 1.165) is 3.97 Å². The molecule has 0 atom stereocenters. The van der Waals surface area contributed by atoms with Gasteiger partial charge in [0, 0.05) is 33.8 Å². The van der Waals surface area contributed by atoms with Gasteiger partial charge in [0.2, 0.25) is 5.95 Å². The molecule has 0 aliphatic carbocycles. The third-order valence-electron chi connectivity index (χ3n) is 5.10. The van der Waals surface area contributed by atoms with E-state index >= 15 is 0 Å². The molecular formula is C22H13Cl2FN4O2S. The van der Waals surface area contributed by atoms with E-state index in [1.807, 2.05) is 0 Å². The zero-order valence-electron chi connectivity index (χ0n) is 16.1. The highest BCUT2D eigenvalue weighted by molar-refractivity contribution is 7.90. The third-order valence-corrected chi connectivity index (χ3v) is 7.51. The molecule has 2 N–H and O–H groups in total. The molecule has 6 nitrogen and oxygen atoms in total. The zero-order chi connectivity index (χ0) is 22.6. The summed E-state index contributed by atoms with van der Waals surface area (Å²) in [7, 11) is -4.08. The Kier molecular flexibility index (Phi) is 4.81. The number of hydrogen-bond acceptors (Lipinski definition) is 5. The maximum Gasteiger partial charge on any atom is 0.269 e. The van der Waals surface area contributed by atoms with Crippen molar-refractivity contribution in [2.75, 3.05) is 5.73 Å². The van der Waals surface area contributed by atoms with Gasteiger partial charge in [0.05, 0.1) is 16.1 Å². The van der Waals surface area contributed by atoms with Gasteiger partial charge in [-0.05, 0) is 54.1 Å². The smallest absolute Gasteiger partial charge is 0.269 e. The molecule has 0 bridgehead atoms. The summed E-state index contributed by atoms with van der Waals surface area (Å²) in [4.78, 5) is 7.98. The van der Waals surface area contributed by atoms with Crippen LogP contribution in [0.2, 0.25) is 10.0 Å². The molecule has 3 aromatic carbocycles. The number of benzene rings is 3. The maximum atomic E-state index is 15.0. The van der Waals surface area contributed by atoms with E-state index in [-0.39, 0.29) is 26.5 Å². The van der Waals surface area contributed by atoms with Crippen molar-refractivity contribution in [3.8, 4) is 11.1 Å². The van der Waals surface area contributed by atoms with Crippen molar-refractivity contribution in [3.63, 3.8) is 0 Å². The number of nitrogen functional groups attached to an aromatic ring is 1. The topological polar surface area (TPSA) is 90.9 Å². The highest BCUT2D eigenvalue weighted by Crippen LogP contribution is 2.36. The number of fused-ring (bicyclic) bond motifs is 2. The number of hydrogen-bond donors (Lipinski definition) is 1. The number of halogens is 3. The standard InChI is InChI=1S/C22H13Cl2FN4O2S/c23-14-2-3-16(24)20(10-14)32(30,31)29-8-7-15-19(29)6-4-17(25)21(15)12-1-5-18-13(9-12)11-27-22(26)28-18/h1-11H,(H2,26,27,28). The summed E-state index contributed by atoms with van der Waals surface area (Å²) in [6.45, 7) is 0. The average Bonchev–Trinajstić information content (AvgIpc) is 3.20. The Balaban J connectivity index is 1.73. The van der Waals surface area contributed by atoms with Crippen LogP contribution < -0.4 is 5.73 Å². The zero-order valence-corrected chi connectivity index (χ0v) is 18.5. The predicted molar refractivity (Wildman–Crippen MR) is 124 cm³/mol. The lowest BCUT2D eigenvalue weighted by atomic mass is 10.00. The third kappa shape index (κ3) is 3.28. The van der Waals surface area contributed by atoms with E-state index in [0.29, 0.717) is 27.4 Å². The average molecular weight is 487 g/mol. The Bertz CT molecular complexity index is 1650. The lowest BCUT2D eigenvalue weighted by Gasteiger charge is -2.11. The molecule has 10 heteroatoms. The van der Waals surface area contributed by atoms with Crippen LogP contribution in [-0.4, -0.2) is 22.4 Å². The Morgan fingerprint density at radius 2 is 1.81 bits per heavy atom. The van der Waals surface area contributed by atoms with E-state index in [1.54, 1.807) is 30.5 Å². The van der Waals surface area contributed by atoms with Crippen LogP contribution in [0.1, 0.15) is 0 Å². The quantitative estimate of drug-likeness (QED) is 0.362. The van der Waals surface area contributed by atoms with E-state index in [1.165, 1.54) is 36.5 Å². The second-order valence-corrected chi connectivity index (χ2v) is 9.68. The minimum absolute atomic E-state index is 0.0346. The molecule has 0 aliphatic rings. The van der Waals surface area contributed by atoms with Crippen LogP contribution >= 0.6 is 23.2 Å². The van der Waals surface area contributed by atoms with Crippen LogP contribution in [0.4, 0.5) is 10.3 Å². The summed E-state index contributed by atoms with van der Waals surface area (Å²) in [5.74, 6) is -0.357. The predicted octanol–water partition coefficient (Wildman–Crippen LogP) is 5.52. The summed E-state index contributed by atoms with van der Waals surface area (Å²) in [6, 6.07) is 13.5. The molecule has 2 aromatic heterocycles. The van der Waals surface area contributed by atoms with Crippen LogP contribution in [0.5, 0.6) is 0 Å². The highest BCUT2D eigenvalue weighted by atomic mass is 35.5. The second kappa shape index (κ2) is 7.44. The minimum atomic E-state index is -4.08. The van der Waals surface area contributed by atoms with E-state index < -0.39 is 15.8 Å². The summed E-state index contributed by atoms with van der Waals surface area (Å²) < 4.78 is 42.7. The van der Waals surface area contributed by atoms with Crippen molar-refractivity contribution >= 4 is 61.0 Å². The van der Waals surface area contributed by atoms with Crippen LogP contribution in [-0.2, 0) is 10.0 Å². The van der Waals surface area contributed by atoms with Gasteiger partial charge in [-0.3, -0.25) is 0 Å². The van der Waals surface area contributed by atoms with Gasteiger partial charge in [-0.25, -0.2) is 26.7 Å². The van der Waals surface area contributed by atoms with Crippen molar-refractivity contribution in [3.05, 3.63) is 82.9 Å². The lowest BCUT2D eigenvalue weighted by molar-refractivity contribution is 0.589. The molecule has 2 heterocycles. The van der Waals surface area contributed by atoms with Crippen molar-refractivity contribution in [1.82, 2.24) is 13.9 Å². The first-order valence-corrected chi connectivity index (χ1v) is 11.5.